The summed E-state index contributed by atoms with van der Waals surface area (Å²) in [5.74, 6) is 0. The molecule has 0 atom stereocenters. The first-order valence-corrected chi connectivity index (χ1v) is 10.7. The van der Waals surface area contributed by atoms with Crippen molar-refractivity contribution >= 4 is 29.4 Å². The monoisotopic (exact) mass is 468 g/mol. The van der Waals surface area contributed by atoms with E-state index in [1.807, 2.05) is 45.9 Å². The van der Waals surface area contributed by atoms with Gasteiger partial charge in [-0.25, -0.2) is 0 Å². The van der Waals surface area contributed by atoms with Crippen LogP contribution in [0.1, 0.15) is 27.7 Å². The van der Waals surface area contributed by atoms with E-state index in [4.69, 9.17) is 0 Å². The molecule has 0 N–H and O–H groups in total. The maximum Gasteiger partial charge on any atom is 0.206 e. The maximum atomic E-state index is 2.24. The molecule has 0 aliphatic rings. The predicted octanol–water partition coefficient (Wildman–Crippen LogP) is 6.83. The molecule has 149 valence electrons. The summed E-state index contributed by atoms with van der Waals surface area (Å²) in [6, 6.07) is 31.5. The maximum absolute atomic E-state index is 2.24. The van der Waals surface area contributed by atoms with E-state index in [1.165, 1.54) is 15.8 Å². The molecule has 0 fully saturated rings. The van der Waals surface area contributed by atoms with Crippen LogP contribution in [0.5, 0.6) is 0 Å². The first kappa shape index (κ1) is 31.9. The van der Waals surface area contributed by atoms with E-state index in [0.717, 1.165) is 0 Å². The summed E-state index contributed by atoms with van der Waals surface area (Å²) in [5, 5.41) is 0. The van der Waals surface area contributed by atoms with Crippen LogP contribution in [0.2, 0.25) is 6.82 Å². The Balaban J connectivity index is -0.000000387. The molecule has 0 spiro atoms. The van der Waals surface area contributed by atoms with Crippen molar-refractivity contribution in [1.29, 1.82) is 0 Å². The van der Waals surface area contributed by atoms with E-state index >= 15 is 0 Å². The number of rotatable bonds is 3. The molecule has 0 unspecified atom stereocenters. The van der Waals surface area contributed by atoms with Crippen molar-refractivity contribution in [3.8, 4) is 0 Å². The van der Waals surface area contributed by atoms with E-state index in [0.29, 0.717) is 6.71 Å². The zero-order valence-corrected chi connectivity index (χ0v) is 22.4. The number of hydrogen-bond donors (Lipinski definition) is 0. The first-order valence-electron chi connectivity index (χ1n) is 9.50. The van der Waals surface area contributed by atoms with Crippen molar-refractivity contribution in [2.75, 3.05) is 6.26 Å². The molecule has 3 heteroatoms. The van der Waals surface area contributed by atoms with Crippen LogP contribution in [0.3, 0.4) is 0 Å². The van der Waals surface area contributed by atoms with Gasteiger partial charge in [0.15, 0.2) is 0 Å². The topological polar surface area (TPSA) is 0 Å². The van der Waals surface area contributed by atoms with Crippen LogP contribution in [0.15, 0.2) is 95.9 Å². The first-order chi connectivity index (χ1) is 12.8. The minimum absolute atomic E-state index is 0. The Hall–Kier alpha value is -0.821. The van der Waals surface area contributed by atoms with Gasteiger partial charge in [-0.2, -0.15) is 0 Å². The second-order valence-corrected chi connectivity index (χ2v) is 5.94. The van der Waals surface area contributed by atoms with Gasteiger partial charge in [0.1, 0.15) is 0 Å². The van der Waals surface area contributed by atoms with Gasteiger partial charge in [0, 0.05) is 37.6 Å². The second kappa shape index (κ2) is 22.5. The van der Waals surface area contributed by atoms with Gasteiger partial charge in [-0.1, -0.05) is 124 Å². The third-order valence-electron chi connectivity index (χ3n) is 3.58. The molecule has 0 amide bonds. The summed E-state index contributed by atoms with van der Waals surface area (Å²) in [6.07, 6.45) is 2.08. The molecular formula is C25H36BSY-. The standard InChI is InChI=1S/C13H13B.C7H8S.2C2H6.CH3.Y/c1-14(12-8-4-2-5-9-12)13-10-6-3-7-11-13;1-8-7-5-3-2-4-6-7;2*1-2;;/h2-11H,1H3;2-6H,1H3;2*1-2H3;1H3;/q;;;;-1;. The Bertz CT molecular complexity index is 606. The fraction of sp³-hybridized carbons (Fsp3) is 0.240. The molecule has 0 saturated carbocycles. The number of thioether (sulfide) groups is 1. The Morgan fingerprint density at radius 1 is 0.571 bits per heavy atom. The molecule has 28 heavy (non-hydrogen) atoms. The summed E-state index contributed by atoms with van der Waals surface area (Å²) in [6.45, 7) is 10.7. The van der Waals surface area contributed by atoms with Gasteiger partial charge in [-0.15, -0.1) is 11.8 Å². The normalized spacial score (nSPS) is 7.93. The number of benzene rings is 3. The van der Waals surface area contributed by atoms with E-state index in [-0.39, 0.29) is 40.1 Å². The second-order valence-electron chi connectivity index (χ2n) is 5.06. The van der Waals surface area contributed by atoms with E-state index < -0.39 is 0 Å². The largest absolute Gasteiger partial charge is 0.358 e. The molecule has 0 nitrogen and oxygen atoms in total. The molecule has 0 heterocycles. The van der Waals surface area contributed by atoms with Crippen molar-refractivity contribution in [1.82, 2.24) is 0 Å². The van der Waals surface area contributed by atoms with Crippen LogP contribution in [-0.2, 0) is 32.7 Å². The molecule has 0 saturated heterocycles. The van der Waals surface area contributed by atoms with Crippen molar-refractivity contribution in [3.05, 3.63) is 98.4 Å². The van der Waals surface area contributed by atoms with Crippen LogP contribution in [0.25, 0.3) is 0 Å². The quantitative estimate of drug-likeness (QED) is 0.231. The Morgan fingerprint density at radius 3 is 1.11 bits per heavy atom. The van der Waals surface area contributed by atoms with Gasteiger partial charge in [0.25, 0.3) is 0 Å². The van der Waals surface area contributed by atoms with Crippen LogP contribution < -0.4 is 10.9 Å². The summed E-state index contributed by atoms with van der Waals surface area (Å²) in [4.78, 5) is 1.33. The fourth-order valence-corrected chi connectivity index (χ4v) is 2.66. The molecule has 1 radical (unpaired) electrons. The molecule has 0 aromatic heterocycles. The predicted molar refractivity (Wildman–Crippen MR) is 131 cm³/mol. The van der Waals surface area contributed by atoms with Gasteiger partial charge in [0.05, 0.1) is 0 Å². The Kier molecular flexibility index (Phi) is 25.6. The fourth-order valence-electron chi connectivity index (χ4n) is 2.23. The van der Waals surface area contributed by atoms with Crippen LogP contribution in [0.4, 0.5) is 0 Å². The molecular weight excluding hydrogens is 432 g/mol. The van der Waals surface area contributed by atoms with Gasteiger partial charge >= 0.3 is 0 Å². The zero-order chi connectivity index (χ0) is 19.6. The Labute approximate surface area is 204 Å². The average Bonchev–Trinajstić information content (AvgIpc) is 2.78. The van der Waals surface area contributed by atoms with Gasteiger partial charge in [-0.3, -0.25) is 0 Å². The third-order valence-corrected chi connectivity index (χ3v) is 4.32. The molecule has 3 aromatic carbocycles. The molecule has 0 aliphatic heterocycles. The van der Waals surface area contributed by atoms with Crippen LogP contribution in [0, 0.1) is 7.43 Å². The Morgan fingerprint density at radius 2 is 0.857 bits per heavy atom. The smallest absolute Gasteiger partial charge is 0.206 e. The van der Waals surface area contributed by atoms with E-state index in [2.05, 4.69) is 85.9 Å². The van der Waals surface area contributed by atoms with Crippen LogP contribution in [-0.4, -0.2) is 13.0 Å². The van der Waals surface area contributed by atoms with Crippen LogP contribution >= 0.6 is 11.8 Å². The summed E-state index contributed by atoms with van der Waals surface area (Å²) in [7, 11) is 0. The minimum atomic E-state index is 0. The summed E-state index contributed by atoms with van der Waals surface area (Å²) >= 11 is 1.77. The molecule has 3 aromatic rings. The number of hydrogen-bond acceptors (Lipinski definition) is 1. The van der Waals surface area contributed by atoms with Gasteiger partial charge in [0.2, 0.25) is 6.71 Å². The third kappa shape index (κ3) is 13.4. The van der Waals surface area contributed by atoms with Crippen molar-refractivity contribution in [2.45, 2.75) is 39.4 Å². The van der Waals surface area contributed by atoms with Crippen molar-refractivity contribution in [3.63, 3.8) is 0 Å². The van der Waals surface area contributed by atoms with E-state index in [9.17, 15) is 0 Å². The van der Waals surface area contributed by atoms with Crippen molar-refractivity contribution in [2.24, 2.45) is 0 Å². The van der Waals surface area contributed by atoms with Gasteiger partial charge in [-0.05, 0) is 18.4 Å². The SMILES string of the molecule is CB(c1ccccc1)c1ccccc1.CC.CC.CSc1ccccc1.[CH3-].[Y]. The van der Waals surface area contributed by atoms with Gasteiger partial charge < -0.3 is 7.43 Å². The summed E-state index contributed by atoms with van der Waals surface area (Å²) in [5.41, 5.74) is 2.75. The molecule has 3 rings (SSSR count). The van der Waals surface area contributed by atoms with Crippen molar-refractivity contribution < 1.29 is 32.7 Å². The minimum Gasteiger partial charge on any atom is -0.358 e. The van der Waals surface area contributed by atoms with E-state index in [1.54, 1.807) is 11.8 Å². The molecule has 0 bridgehead atoms. The molecule has 0 aliphatic carbocycles. The average molecular weight is 468 g/mol. The zero-order valence-electron chi connectivity index (χ0n) is 18.7. The summed E-state index contributed by atoms with van der Waals surface area (Å²) < 4.78 is 0.